The molecule has 1 saturated carbocycles. The van der Waals surface area contributed by atoms with Crippen molar-refractivity contribution in [3.8, 4) is 11.4 Å². The van der Waals surface area contributed by atoms with Gasteiger partial charge in [0.2, 0.25) is 0 Å². The van der Waals surface area contributed by atoms with Crippen molar-refractivity contribution in [2.45, 2.75) is 32.7 Å². The van der Waals surface area contributed by atoms with Crippen molar-refractivity contribution in [3.63, 3.8) is 0 Å². The molecule has 0 amide bonds. The fourth-order valence-corrected chi connectivity index (χ4v) is 2.99. The van der Waals surface area contributed by atoms with E-state index in [0.717, 1.165) is 18.6 Å². The van der Waals surface area contributed by atoms with Crippen molar-refractivity contribution in [2.24, 2.45) is 11.8 Å². The maximum atomic E-state index is 13.4. The Morgan fingerprint density at radius 2 is 2.05 bits per heavy atom. The van der Waals surface area contributed by atoms with Gasteiger partial charge in [0.05, 0.1) is 0 Å². The highest BCUT2D eigenvalue weighted by atomic mass is 19.2. The number of nitrogens with zero attached hydrogens (tertiary/aromatic N) is 4. The molecular formula is C14H17F2N5. The van der Waals surface area contributed by atoms with Crippen LogP contribution in [0.4, 0.5) is 14.5 Å². The largest absolute Gasteiger partial charge is 0.398 e. The summed E-state index contributed by atoms with van der Waals surface area (Å²) in [7, 11) is 0. The third-order valence-corrected chi connectivity index (χ3v) is 4.31. The molecule has 21 heavy (non-hydrogen) atoms. The van der Waals surface area contributed by atoms with Crippen LogP contribution < -0.4 is 5.73 Å². The SMILES string of the molecule is CC1CCCC1Cn1nnnc1-c1cc(F)c(F)cc1N. The molecule has 0 bridgehead atoms. The quantitative estimate of drug-likeness (QED) is 0.883. The summed E-state index contributed by atoms with van der Waals surface area (Å²) in [6.07, 6.45) is 3.54. The van der Waals surface area contributed by atoms with Crippen LogP contribution in [0.25, 0.3) is 11.4 Å². The molecule has 7 heteroatoms. The smallest absolute Gasteiger partial charge is 0.184 e. The van der Waals surface area contributed by atoms with E-state index in [2.05, 4.69) is 22.4 Å². The van der Waals surface area contributed by atoms with Crippen LogP contribution in [-0.4, -0.2) is 20.2 Å². The molecule has 5 nitrogen and oxygen atoms in total. The molecule has 1 aromatic heterocycles. The maximum Gasteiger partial charge on any atom is 0.184 e. The second-order valence-electron chi connectivity index (χ2n) is 5.71. The van der Waals surface area contributed by atoms with E-state index >= 15 is 0 Å². The summed E-state index contributed by atoms with van der Waals surface area (Å²) in [4.78, 5) is 0. The number of hydrogen-bond acceptors (Lipinski definition) is 4. The van der Waals surface area contributed by atoms with Crippen molar-refractivity contribution in [1.82, 2.24) is 20.2 Å². The first-order chi connectivity index (χ1) is 10.1. The molecule has 0 saturated heterocycles. The summed E-state index contributed by atoms with van der Waals surface area (Å²) in [6.45, 7) is 2.88. The van der Waals surface area contributed by atoms with Gasteiger partial charge in [-0.15, -0.1) is 5.10 Å². The number of benzene rings is 1. The van der Waals surface area contributed by atoms with Gasteiger partial charge < -0.3 is 5.73 Å². The predicted octanol–water partition coefficient (Wildman–Crippen LogP) is 2.64. The molecule has 2 atom stereocenters. The molecule has 0 aliphatic heterocycles. The lowest BCUT2D eigenvalue weighted by atomic mass is 9.98. The summed E-state index contributed by atoms with van der Waals surface area (Å²) in [5, 5.41) is 11.5. The molecule has 0 spiro atoms. The molecule has 112 valence electrons. The summed E-state index contributed by atoms with van der Waals surface area (Å²) in [5.74, 6) is -0.434. The molecular weight excluding hydrogens is 276 g/mol. The van der Waals surface area contributed by atoms with Crippen LogP contribution in [0.3, 0.4) is 0 Å². The van der Waals surface area contributed by atoms with E-state index in [1.54, 1.807) is 4.68 Å². The van der Waals surface area contributed by atoms with Gasteiger partial charge in [0, 0.05) is 23.9 Å². The van der Waals surface area contributed by atoms with Crippen LogP contribution >= 0.6 is 0 Å². The minimum absolute atomic E-state index is 0.129. The van der Waals surface area contributed by atoms with Crippen LogP contribution in [-0.2, 0) is 6.54 Å². The predicted molar refractivity (Wildman–Crippen MR) is 74.1 cm³/mol. The van der Waals surface area contributed by atoms with Crippen molar-refractivity contribution in [1.29, 1.82) is 0 Å². The maximum absolute atomic E-state index is 13.4. The van der Waals surface area contributed by atoms with E-state index in [1.165, 1.54) is 12.8 Å². The number of nitrogen functional groups attached to an aromatic ring is 1. The molecule has 3 rings (SSSR count). The Hall–Kier alpha value is -2.05. The highest BCUT2D eigenvalue weighted by Crippen LogP contribution is 2.33. The van der Waals surface area contributed by atoms with E-state index < -0.39 is 11.6 Å². The van der Waals surface area contributed by atoms with Crippen LogP contribution in [0.15, 0.2) is 12.1 Å². The van der Waals surface area contributed by atoms with E-state index in [-0.39, 0.29) is 5.69 Å². The van der Waals surface area contributed by atoms with Gasteiger partial charge in [0.1, 0.15) is 0 Å². The molecule has 1 aromatic carbocycles. The Labute approximate surface area is 121 Å². The molecule has 1 heterocycles. The molecule has 1 fully saturated rings. The van der Waals surface area contributed by atoms with Crippen molar-refractivity contribution >= 4 is 5.69 Å². The van der Waals surface area contributed by atoms with Gasteiger partial charge >= 0.3 is 0 Å². The van der Waals surface area contributed by atoms with Crippen LogP contribution in [0.2, 0.25) is 0 Å². The van der Waals surface area contributed by atoms with Crippen LogP contribution in [0.1, 0.15) is 26.2 Å². The van der Waals surface area contributed by atoms with Crippen LogP contribution in [0, 0.1) is 23.5 Å². The van der Waals surface area contributed by atoms with E-state index in [1.807, 2.05) is 0 Å². The average Bonchev–Trinajstić information content (AvgIpc) is 3.05. The fourth-order valence-electron chi connectivity index (χ4n) is 2.99. The van der Waals surface area contributed by atoms with Gasteiger partial charge in [-0.3, -0.25) is 0 Å². The molecule has 1 aliphatic carbocycles. The zero-order chi connectivity index (χ0) is 15.0. The lowest BCUT2D eigenvalue weighted by molar-refractivity contribution is 0.346. The van der Waals surface area contributed by atoms with Gasteiger partial charge in [-0.2, -0.15) is 0 Å². The zero-order valence-electron chi connectivity index (χ0n) is 11.8. The zero-order valence-corrected chi connectivity index (χ0v) is 11.8. The lowest BCUT2D eigenvalue weighted by Gasteiger charge is -2.16. The number of hydrogen-bond donors (Lipinski definition) is 1. The number of rotatable bonds is 3. The first-order valence-electron chi connectivity index (χ1n) is 7.07. The van der Waals surface area contributed by atoms with Crippen LogP contribution in [0.5, 0.6) is 0 Å². The standard InChI is InChI=1S/C14H17F2N5/c1-8-3-2-4-9(8)7-21-14(18-19-20-21)10-5-11(15)12(16)6-13(10)17/h5-6,8-9H,2-4,7,17H2,1H3. The number of halogens is 2. The third-order valence-electron chi connectivity index (χ3n) is 4.31. The number of aromatic nitrogens is 4. The highest BCUT2D eigenvalue weighted by molar-refractivity contribution is 5.71. The number of nitrogens with two attached hydrogens (primary N) is 1. The first-order valence-corrected chi connectivity index (χ1v) is 7.07. The summed E-state index contributed by atoms with van der Waals surface area (Å²) in [5.41, 5.74) is 6.22. The summed E-state index contributed by atoms with van der Waals surface area (Å²) < 4.78 is 28.2. The highest BCUT2D eigenvalue weighted by Gasteiger charge is 2.26. The molecule has 0 radical (unpaired) electrons. The second-order valence-corrected chi connectivity index (χ2v) is 5.71. The Balaban J connectivity index is 1.93. The van der Waals surface area contributed by atoms with E-state index in [9.17, 15) is 8.78 Å². The van der Waals surface area contributed by atoms with Gasteiger partial charge in [-0.05, 0) is 34.7 Å². The van der Waals surface area contributed by atoms with Gasteiger partial charge in [0.15, 0.2) is 17.5 Å². The summed E-state index contributed by atoms with van der Waals surface area (Å²) in [6, 6.07) is 2.01. The van der Waals surface area contributed by atoms with Crippen molar-refractivity contribution in [2.75, 3.05) is 5.73 Å². The lowest BCUT2D eigenvalue weighted by Crippen LogP contribution is -2.15. The normalized spacial score (nSPS) is 21.9. The van der Waals surface area contributed by atoms with Gasteiger partial charge in [-0.1, -0.05) is 19.8 Å². The van der Waals surface area contributed by atoms with E-state index in [4.69, 9.17) is 5.73 Å². The van der Waals surface area contributed by atoms with E-state index in [0.29, 0.717) is 29.8 Å². The molecule has 2 N–H and O–H groups in total. The number of anilines is 1. The monoisotopic (exact) mass is 293 g/mol. The first kappa shape index (κ1) is 13.9. The molecule has 2 unspecified atom stereocenters. The third kappa shape index (κ3) is 2.59. The minimum Gasteiger partial charge on any atom is -0.398 e. The number of tetrazole rings is 1. The minimum atomic E-state index is -0.973. The molecule has 1 aliphatic rings. The Morgan fingerprint density at radius 3 is 2.76 bits per heavy atom. The second kappa shape index (κ2) is 5.38. The van der Waals surface area contributed by atoms with Crippen molar-refractivity contribution < 1.29 is 8.78 Å². The fraction of sp³-hybridized carbons (Fsp3) is 0.500. The van der Waals surface area contributed by atoms with Gasteiger partial charge in [0.25, 0.3) is 0 Å². The Morgan fingerprint density at radius 1 is 1.29 bits per heavy atom. The summed E-state index contributed by atoms with van der Waals surface area (Å²) >= 11 is 0. The Bertz CT molecular complexity index is 655. The Kier molecular flexibility index (Phi) is 3.57. The molecule has 2 aromatic rings. The van der Waals surface area contributed by atoms with Gasteiger partial charge in [-0.25, -0.2) is 13.5 Å². The topological polar surface area (TPSA) is 69.6 Å². The average molecular weight is 293 g/mol. The van der Waals surface area contributed by atoms with Crippen molar-refractivity contribution in [3.05, 3.63) is 23.8 Å².